The highest BCUT2D eigenvalue weighted by Gasteiger charge is 2.09. The Morgan fingerprint density at radius 3 is 2.86 bits per heavy atom. The summed E-state index contributed by atoms with van der Waals surface area (Å²) in [5, 5.41) is 0. The monoisotopic (exact) mass is 189 g/mol. The van der Waals surface area contributed by atoms with Gasteiger partial charge in [-0.3, -0.25) is 0 Å². The standard InChI is InChI=1S/C13H19N/c1-11-6-7-12-5-3-4-8-14(2)10-13(12)9-11/h6-7,9H,3-5,8,10H2,1-2H3. The Labute approximate surface area is 86.7 Å². The molecule has 0 N–H and O–H groups in total. The Morgan fingerprint density at radius 2 is 2.00 bits per heavy atom. The van der Waals surface area contributed by atoms with Crippen molar-refractivity contribution >= 4 is 0 Å². The van der Waals surface area contributed by atoms with E-state index in [0.717, 1.165) is 6.54 Å². The summed E-state index contributed by atoms with van der Waals surface area (Å²) in [5.74, 6) is 0. The van der Waals surface area contributed by atoms with Gasteiger partial charge in [-0.2, -0.15) is 0 Å². The molecule has 1 aromatic rings. The molecule has 0 aromatic heterocycles. The first kappa shape index (κ1) is 9.72. The Hall–Kier alpha value is -0.820. The second-order valence-electron chi connectivity index (χ2n) is 4.47. The lowest BCUT2D eigenvalue weighted by molar-refractivity contribution is 0.311. The normalized spacial score (nSPS) is 18.4. The molecule has 0 aliphatic carbocycles. The fourth-order valence-electron chi connectivity index (χ4n) is 2.21. The van der Waals surface area contributed by atoms with Gasteiger partial charge in [-0.1, -0.05) is 23.8 Å². The third-order valence-corrected chi connectivity index (χ3v) is 3.04. The van der Waals surface area contributed by atoms with Crippen molar-refractivity contribution in [2.24, 2.45) is 0 Å². The third-order valence-electron chi connectivity index (χ3n) is 3.04. The molecule has 1 aliphatic rings. The maximum Gasteiger partial charge on any atom is 0.0233 e. The van der Waals surface area contributed by atoms with Crippen LogP contribution in [0.25, 0.3) is 0 Å². The second kappa shape index (κ2) is 4.14. The molecule has 0 atom stereocenters. The molecule has 1 aromatic carbocycles. The van der Waals surface area contributed by atoms with Gasteiger partial charge in [-0.25, -0.2) is 0 Å². The zero-order valence-corrected chi connectivity index (χ0v) is 9.21. The van der Waals surface area contributed by atoms with Gasteiger partial charge in [0.25, 0.3) is 0 Å². The molecule has 76 valence electrons. The summed E-state index contributed by atoms with van der Waals surface area (Å²) in [6.45, 7) is 4.55. The molecule has 14 heavy (non-hydrogen) atoms. The van der Waals surface area contributed by atoms with Crippen LogP contribution in [0.1, 0.15) is 29.5 Å². The van der Waals surface area contributed by atoms with E-state index in [1.165, 1.54) is 36.9 Å². The van der Waals surface area contributed by atoms with Gasteiger partial charge in [0.2, 0.25) is 0 Å². The maximum atomic E-state index is 2.43. The smallest absolute Gasteiger partial charge is 0.0233 e. The summed E-state index contributed by atoms with van der Waals surface area (Å²) in [4.78, 5) is 2.43. The van der Waals surface area contributed by atoms with E-state index >= 15 is 0 Å². The van der Waals surface area contributed by atoms with Crippen molar-refractivity contribution in [3.8, 4) is 0 Å². The molecule has 0 unspecified atom stereocenters. The molecule has 1 aliphatic heterocycles. The third kappa shape index (κ3) is 2.16. The van der Waals surface area contributed by atoms with Gasteiger partial charge in [0.1, 0.15) is 0 Å². The highest BCUT2D eigenvalue weighted by molar-refractivity contribution is 5.31. The van der Waals surface area contributed by atoms with Gasteiger partial charge in [-0.05, 0) is 50.9 Å². The van der Waals surface area contributed by atoms with Crippen molar-refractivity contribution in [1.29, 1.82) is 0 Å². The van der Waals surface area contributed by atoms with E-state index in [0.29, 0.717) is 0 Å². The fraction of sp³-hybridized carbons (Fsp3) is 0.538. The van der Waals surface area contributed by atoms with E-state index < -0.39 is 0 Å². The molecule has 0 saturated heterocycles. The Bertz CT molecular complexity index is 317. The first-order valence-electron chi connectivity index (χ1n) is 5.52. The molecule has 2 rings (SSSR count). The highest BCUT2D eigenvalue weighted by Crippen LogP contribution is 2.18. The minimum absolute atomic E-state index is 1.12. The lowest BCUT2D eigenvalue weighted by atomic mass is 9.97. The summed E-state index contributed by atoms with van der Waals surface area (Å²) in [6.07, 6.45) is 3.94. The van der Waals surface area contributed by atoms with Crippen LogP contribution in [0.15, 0.2) is 18.2 Å². The van der Waals surface area contributed by atoms with Crippen molar-refractivity contribution in [1.82, 2.24) is 4.90 Å². The predicted molar refractivity (Wildman–Crippen MR) is 60.5 cm³/mol. The summed E-state index contributed by atoms with van der Waals surface area (Å²) >= 11 is 0. The molecule has 0 spiro atoms. The van der Waals surface area contributed by atoms with E-state index in [4.69, 9.17) is 0 Å². The Balaban J connectivity index is 2.30. The van der Waals surface area contributed by atoms with Crippen molar-refractivity contribution < 1.29 is 0 Å². The molecule has 0 saturated carbocycles. The molecule has 1 heteroatoms. The van der Waals surface area contributed by atoms with Crippen LogP contribution in [0, 0.1) is 6.92 Å². The van der Waals surface area contributed by atoms with Crippen LogP contribution in [0.2, 0.25) is 0 Å². The number of hydrogen-bond donors (Lipinski definition) is 0. The van der Waals surface area contributed by atoms with Gasteiger partial charge in [0.05, 0.1) is 0 Å². The topological polar surface area (TPSA) is 3.24 Å². The molecular formula is C13H19N. The zero-order chi connectivity index (χ0) is 9.97. The van der Waals surface area contributed by atoms with Crippen LogP contribution in [-0.2, 0) is 13.0 Å². The van der Waals surface area contributed by atoms with Crippen LogP contribution in [0.4, 0.5) is 0 Å². The number of aryl methyl sites for hydroxylation is 2. The number of nitrogens with zero attached hydrogens (tertiary/aromatic N) is 1. The van der Waals surface area contributed by atoms with Gasteiger partial charge < -0.3 is 4.90 Å². The lowest BCUT2D eigenvalue weighted by Crippen LogP contribution is -2.22. The molecule has 0 fully saturated rings. The first-order chi connectivity index (χ1) is 6.75. The summed E-state index contributed by atoms with van der Waals surface area (Å²) < 4.78 is 0. The van der Waals surface area contributed by atoms with Crippen molar-refractivity contribution in [2.75, 3.05) is 13.6 Å². The number of benzene rings is 1. The van der Waals surface area contributed by atoms with Crippen molar-refractivity contribution in [3.05, 3.63) is 34.9 Å². The zero-order valence-electron chi connectivity index (χ0n) is 9.21. The van der Waals surface area contributed by atoms with Gasteiger partial charge >= 0.3 is 0 Å². The highest BCUT2D eigenvalue weighted by atomic mass is 15.1. The van der Waals surface area contributed by atoms with Crippen molar-refractivity contribution in [2.45, 2.75) is 32.7 Å². The molecule has 0 amide bonds. The molecule has 0 radical (unpaired) electrons. The SMILES string of the molecule is Cc1ccc2c(c1)CN(C)CCCC2. The van der Waals surface area contributed by atoms with Crippen LogP contribution in [-0.4, -0.2) is 18.5 Å². The predicted octanol–water partition coefficient (Wildman–Crippen LogP) is 2.76. The fourth-order valence-corrected chi connectivity index (χ4v) is 2.21. The summed E-state index contributed by atoms with van der Waals surface area (Å²) in [6, 6.07) is 6.89. The van der Waals surface area contributed by atoms with E-state index in [1.807, 2.05) is 0 Å². The summed E-state index contributed by atoms with van der Waals surface area (Å²) in [5.41, 5.74) is 4.48. The minimum Gasteiger partial charge on any atom is -0.302 e. The quantitative estimate of drug-likeness (QED) is 0.606. The van der Waals surface area contributed by atoms with Gasteiger partial charge in [-0.15, -0.1) is 0 Å². The molecule has 1 heterocycles. The Kier molecular flexibility index (Phi) is 2.87. The minimum atomic E-state index is 1.12. The van der Waals surface area contributed by atoms with Crippen LogP contribution < -0.4 is 0 Å². The van der Waals surface area contributed by atoms with E-state index in [2.05, 4.69) is 37.1 Å². The average molecular weight is 189 g/mol. The molecule has 0 bridgehead atoms. The van der Waals surface area contributed by atoms with Crippen LogP contribution in [0.3, 0.4) is 0 Å². The van der Waals surface area contributed by atoms with Crippen LogP contribution >= 0.6 is 0 Å². The first-order valence-corrected chi connectivity index (χ1v) is 5.52. The van der Waals surface area contributed by atoms with Crippen LogP contribution in [0.5, 0.6) is 0 Å². The maximum absolute atomic E-state index is 2.43. The number of hydrogen-bond acceptors (Lipinski definition) is 1. The Morgan fingerprint density at radius 1 is 1.14 bits per heavy atom. The largest absolute Gasteiger partial charge is 0.302 e. The average Bonchev–Trinajstić information content (AvgIpc) is 2.12. The summed E-state index contributed by atoms with van der Waals surface area (Å²) in [7, 11) is 2.22. The van der Waals surface area contributed by atoms with Gasteiger partial charge in [0.15, 0.2) is 0 Å². The van der Waals surface area contributed by atoms with Gasteiger partial charge in [0, 0.05) is 6.54 Å². The second-order valence-corrected chi connectivity index (χ2v) is 4.47. The molecule has 1 nitrogen and oxygen atoms in total. The van der Waals surface area contributed by atoms with E-state index in [9.17, 15) is 0 Å². The number of rotatable bonds is 0. The lowest BCUT2D eigenvalue weighted by Gasteiger charge is -2.22. The van der Waals surface area contributed by atoms with Crippen molar-refractivity contribution in [3.63, 3.8) is 0 Å². The van der Waals surface area contributed by atoms with E-state index in [-0.39, 0.29) is 0 Å². The molecular weight excluding hydrogens is 170 g/mol. The van der Waals surface area contributed by atoms with E-state index in [1.54, 1.807) is 5.56 Å². The number of fused-ring (bicyclic) bond motifs is 1.